The average Bonchev–Trinajstić information content (AvgIpc) is 2.92. The number of nitrogens with one attached hydrogen (secondary N) is 1. The van der Waals surface area contributed by atoms with E-state index in [9.17, 15) is 9.59 Å². The van der Waals surface area contributed by atoms with Crippen LogP contribution in [0.1, 0.15) is 26.2 Å². The first-order chi connectivity index (χ1) is 9.22. The number of carbonyl (C=O) groups is 2. The molecule has 2 atom stereocenters. The second-order valence-corrected chi connectivity index (χ2v) is 4.90. The zero-order chi connectivity index (χ0) is 13.7. The number of esters is 1. The Morgan fingerprint density at radius 3 is 3.00 bits per heavy atom. The molecule has 108 valence electrons. The maximum Gasteiger partial charge on any atom is 0.330 e. The molecule has 2 aliphatic rings. The fraction of sp³-hybridized carbons (Fsp3) is 0.846. The first-order valence-corrected chi connectivity index (χ1v) is 7.00. The molecule has 2 unspecified atom stereocenters. The lowest BCUT2D eigenvalue weighted by Gasteiger charge is -2.35. The van der Waals surface area contributed by atoms with E-state index >= 15 is 0 Å². The summed E-state index contributed by atoms with van der Waals surface area (Å²) in [4.78, 5) is 25.8. The van der Waals surface area contributed by atoms with Crippen LogP contribution in [-0.2, 0) is 19.1 Å². The maximum atomic E-state index is 12.3. The number of hydrogen-bond donors (Lipinski definition) is 1. The zero-order valence-corrected chi connectivity index (χ0v) is 11.4. The van der Waals surface area contributed by atoms with E-state index < -0.39 is 6.04 Å². The van der Waals surface area contributed by atoms with Crippen LogP contribution < -0.4 is 5.32 Å². The minimum atomic E-state index is -0.498. The summed E-state index contributed by atoms with van der Waals surface area (Å²) in [6, 6.07) is -0.498. The third kappa shape index (κ3) is 3.67. The molecule has 2 aliphatic heterocycles. The van der Waals surface area contributed by atoms with E-state index in [1.54, 1.807) is 11.8 Å². The summed E-state index contributed by atoms with van der Waals surface area (Å²) in [5, 5.41) is 3.13. The van der Waals surface area contributed by atoms with Crippen molar-refractivity contribution < 1.29 is 19.1 Å². The van der Waals surface area contributed by atoms with Gasteiger partial charge in [0.05, 0.1) is 19.1 Å². The molecule has 19 heavy (non-hydrogen) atoms. The van der Waals surface area contributed by atoms with E-state index in [1.165, 1.54) is 0 Å². The van der Waals surface area contributed by atoms with Crippen LogP contribution in [0.25, 0.3) is 0 Å². The molecule has 0 bridgehead atoms. The van der Waals surface area contributed by atoms with Gasteiger partial charge in [-0.25, -0.2) is 4.79 Å². The lowest BCUT2D eigenvalue weighted by molar-refractivity contribution is -0.156. The second-order valence-electron chi connectivity index (χ2n) is 4.90. The highest BCUT2D eigenvalue weighted by atomic mass is 16.5. The van der Waals surface area contributed by atoms with Crippen LogP contribution in [0, 0.1) is 0 Å². The molecule has 2 saturated heterocycles. The van der Waals surface area contributed by atoms with Crippen molar-refractivity contribution in [1.29, 1.82) is 0 Å². The van der Waals surface area contributed by atoms with Gasteiger partial charge < -0.3 is 19.7 Å². The summed E-state index contributed by atoms with van der Waals surface area (Å²) in [6.45, 7) is 4.58. The van der Waals surface area contributed by atoms with Gasteiger partial charge in [-0.1, -0.05) is 0 Å². The predicted molar refractivity (Wildman–Crippen MR) is 68.6 cm³/mol. The maximum absolute atomic E-state index is 12.3. The van der Waals surface area contributed by atoms with Gasteiger partial charge in [0.25, 0.3) is 0 Å². The Kier molecular flexibility index (Phi) is 5.15. The van der Waals surface area contributed by atoms with Crippen molar-refractivity contribution in [3.63, 3.8) is 0 Å². The van der Waals surface area contributed by atoms with Crippen molar-refractivity contribution in [3.05, 3.63) is 0 Å². The zero-order valence-electron chi connectivity index (χ0n) is 11.4. The van der Waals surface area contributed by atoms with Gasteiger partial charge in [0.15, 0.2) is 0 Å². The summed E-state index contributed by atoms with van der Waals surface area (Å²) in [7, 11) is 0. The van der Waals surface area contributed by atoms with Gasteiger partial charge in [0.2, 0.25) is 5.91 Å². The number of ether oxygens (including phenoxy) is 2. The van der Waals surface area contributed by atoms with Crippen LogP contribution in [0.4, 0.5) is 0 Å². The van der Waals surface area contributed by atoms with Crippen molar-refractivity contribution in [1.82, 2.24) is 10.2 Å². The number of hydrogen-bond acceptors (Lipinski definition) is 5. The molecule has 0 spiro atoms. The fourth-order valence-corrected chi connectivity index (χ4v) is 2.57. The molecule has 6 nitrogen and oxygen atoms in total. The summed E-state index contributed by atoms with van der Waals surface area (Å²) in [5.74, 6) is -0.332. The van der Waals surface area contributed by atoms with E-state index in [2.05, 4.69) is 5.32 Å². The van der Waals surface area contributed by atoms with E-state index in [4.69, 9.17) is 9.47 Å². The van der Waals surface area contributed by atoms with Gasteiger partial charge in [-0.15, -0.1) is 0 Å². The molecular formula is C13H22N2O4. The van der Waals surface area contributed by atoms with E-state index in [0.29, 0.717) is 32.7 Å². The Morgan fingerprint density at radius 2 is 2.32 bits per heavy atom. The van der Waals surface area contributed by atoms with Crippen LogP contribution >= 0.6 is 0 Å². The van der Waals surface area contributed by atoms with Gasteiger partial charge in [-0.2, -0.15) is 0 Å². The molecule has 0 aromatic rings. The normalized spacial score (nSPS) is 27.3. The van der Waals surface area contributed by atoms with E-state index in [-0.39, 0.29) is 18.0 Å². The fourth-order valence-electron chi connectivity index (χ4n) is 2.57. The number of carbonyl (C=O) groups excluding carboxylic acids is 2. The van der Waals surface area contributed by atoms with Gasteiger partial charge >= 0.3 is 5.97 Å². The Hall–Kier alpha value is -1.14. The van der Waals surface area contributed by atoms with Gasteiger partial charge in [0.1, 0.15) is 6.04 Å². The Bertz CT molecular complexity index is 329. The third-order valence-corrected chi connectivity index (χ3v) is 3.55. The monoisotopic (exact) mass is 270 g/mol. The molecule has 0 aliphatic carbocycles. The highest BCUT2D eigenvalue weighted by Gasteiger charge is 2.34. The van der Waals surface area contributed by atoms with Gasteiger partial charge in [-0.3, -0.25) is 4.79 Å². The van der Waals surface area contributed by atoms with Crippen LogP contribution in [0.15, 0.2) is 0 Å². The number of amides is 1. The molecule has 0 aromatic heterocycles. The summed E-state index contributed by atoms with van der Waals surface area (Å²) in [5.41, 5.74) is 0. The standard InChI is InChI=1S/C13H22N2O4/c1-2-18-13(17)11-9-14-5-6-15(11)12(16)8-10-4-3-7-19-10/h10-11,14H,2-9H2,1H3. The molecule has 1 amide bonds. The first-order valence-electron chi connectivity index (χ1n) is 7.00. The van der Waals surface area contributed by atoms with Crippen LogP contribution in [0.5, 0.6) is 0 Å². The molecule has 2 heterocycles. The lowest BCUT2D eigenvalue weighted by atomic mass is 10.1. The number of piperazine rings is 1. The molecule has 1 N–H and O–H groups in total. The van der Waals surface area contributed by atoms with Crippen molar-refractivity contribution in [2.24, 2.45) is 0 Å². The lowest BCUT2D eigenvalue weighted by Crippen LogP contribution is -2.57. The van der Waals surface area contributed by atoms with E-state index in [1.807, 2.05) is 0 Å². The van der Waals surface area contributed by atoms with Crippen molar-refractivity contribution in [2.45, 2.75) is 38.3 Å². The van der Waals surface area contributed by atoms with Crippen LogP contribution in [-0.4, -0.2) is 61.8 Å². The Balaban J connectivity index is 1.93. The van der Waals surface area contributed by atoms with E-state index in [0.717, 1.165) is 19.4 Å². The molecule has 2 fully saturated rings. The molecular weight excluding hydrogens is 248 g/mol. The summed E-state index contributed by atoms with van der Waals surface area (Å²) >= 11 is 0. The van der Waals surface area contributed by atoms with Gasteiger partial charge in [-0.05, 0) is 19.8 Å². The molecule has 6 heteroatoms. The predicted octanol–water partition coefficient (Wildman–Crippen LogP) is -0.0810. The van der Waals surface area contributed by atoms with Crippen LogP contribution in [0.2, 0.25) is 0 Å². The molecule has 0 radical (unpaired) electrons. The second kappa shape index (κ2) is 6.86. The van der Waals surface area contributed by atoms with Crippen LogP contribution in [0.3, 0.4) is 0 Å². The Morgan fingerprint density at radius 1 is 1.47 bits per heavy atom. The Labute approximate surface area is 113 Å². The number of rotatable bonds is 4. The van der Waals surface area contributed by atoms with Crippen molar-refractivity contribution in [2.75, 3.05) is 32.8 Å². The molecule has 2 rings (SSSR count). The average molecular weight is 270 g/mol. The minimum Gasteiger partial charge on any atom is -0.464 e. The molecule has 0 saturated carbocycles. The highest BCUT2D eigenvalue weighted by molar-refractivity contribution is 5.85. The smallest absolute Gasteiger partial charge is 0.330 e. The molecule has 0 aromatic carbocycles. The highest BCUT2D eigenvalue weighted by Crippen LogP contribution is 2.18. The summed E-state index contributed by atoms with van der Waals surface area (Å²) in [6.07, 6.45) is 2.34. The van der Waals surface area contributed by atoms with Gasteiger partial charge in [0, 0.05) is 26.2 Å². The van der Waals surface area contributed by atoms with Crippen molar-refractivity contribution in [3.8, 4) is 0 Å². The topological polar surface area (TPSA) is 67.9 Å². The first kappa shape index (κ1) is 14.3. The largest absolute Gasteiger partial charge is 0.464 e. The SMILES string of the molecule is CCOC(=O)C1CNCCN1C(=O)CC1CCCO1. The van der Waals surface area contributed by atoms with Crippen molar-refractivity contribution >= 4 is 11.9 Å². The quantitative estimate of drug-likeness (QED) is 0.724. The third-order valence-electron chi connectivity index (χ3n) is 3.55. The minimum absolute atomic E-state index is 0.00791. The summed E-state index contributed by atoms with van der Waals surface area (Å²) < 4.78 is 10.5. The number of nitrogens with zero attached hydrogens (tertiary/aromatic N) is 1.